The third-order valence-corrected chi connectivity index (χ3v) is 4.71. The minimum atomic E-state index is -0.189. The number of halogens is 1. The Bertz CT molecular complexity index is 720. The summed E-state index contributed by atoms with van der Waals surface area (Å²) in [7, 11) is 0. The second-order valence-electron chi connectivity index (χ2n) is 6.32. The van der Waals surface area contributed by atoms with Crippen LogP contribution in [0.3, 0.4) is 0 Å². The lowest BCUT2D eigenvalue weighted by molar-refractivity contribution is -0.122. The van der Waals surface area contributed by atoms with E-state index in [1.807, 2.05) is 29.4 Å². The van der Waals surface area contributed by atoms with E-state index >= 15 is 0 Å². The number of nitrogens with one attached hydrogen (secondary N) is 1. The predicted octanol–water partition coefficient (Wildman–Crippen LogP) is 2.42. The number of rotatable bonds is 4. The Kier molecular flexibility index (Phi) is 4.83. The Balaban J connectivity index is 1.51. The van der Waals surface area contributed by atoms with Gasteiger partial charge in [-0.1, -0.05) is 12.1 Å². The third kappa shape index (κ3) is 3.58. The summed E-state index contributed by atoms with van der Waals surface area (Å²) in [5, 5.41) is 3.08. The molecule has 1 fully saturated rings. The number of hydrogen-bond acceptors (Lipinski definition) is 3. The normalized spacial score (nSPS) is 15.5. The number of para-hydroxylation sites is 1. The lowest BCUT2D eigenvalue weighted by Gasteiger charge is -2.34. The van der Waals surface area contributed by atoms with E-state index in [2.05, 4.69) is 10.3 Å². The van der Waals surface area contributed by atoms with Crippen LogP contribution in [0.1, 0.15) is 24.2 Å². The molecule has 1 saturated heterocycles. The molecule has 1 aliphatic heterocycles. The minimum Gasteiger partial charge on any atom is -0.369 e. The van der Waals surface area contributed by atoms with Crippen molar-refractivity contribution in [1.82, 2.24) is 14.9 Å². The molecule has 6 heteroatoms. The Hall–Kier alpha value is -2.37. The van der Waals surface area contributed by atoms with Gasteiger partial charge in [-0.15, -0.1) is 0 Å². The van der Waals surface area contributed by atoms with Crippen molar-refractivity contribution < 1.29 is 9.18 Å². The van der Waals surface area contributed by atoms with Gasteiger partial charge in [0.1, 0.15) is 12.4 Å². The molecule has 1 N–H and O–H groups in total. The van der Waals surface area contributed by atoms with E-state index in [0.29, 0.717) is 12.2 Å². The van der Waals surface area contributed by atoms with E-state index in [1.54, 1.807) is 18.5 Å². The van der Waals surface area contributed by atoms with Crippen molar-refractivity contribution in [1.29, 1.82) is 0 Å². The first-order valence-corrected chi connectivity index (χ1v) is 8.32. The highest BCUT2D eigenvalue weighted by atomic mass is 19.1. The van der Waals surface area contributed by atoms with Gasteiger partial charge in [-0.2, -0.15) is 0 Å². The zero-order valence-corrected chi connectivity index (χ0v) is 14.1. The Morgan fingerprint density at radius 1 is 1.29 bits per heavy atom. The number of nitrogens with zero attached hydrogens (tertiary/aromatic N) is 3. The van der Waals surface area contributed by atoms with Gasteiger partial charge in [-0.25, -0.2) is 9.37 Å². The minimum absolute atomic E-state index is 0.000147. The van der Waals surface area contributed by atoms with E-state index in [4.69, 9.17) is 0 Å². The summed E-state index contributed by atoms with van der Waals surface area (Å²) in [5.41, 5.74) is 2.60. The summed E-state index contributed by atoms with van der Waals surface area (Å²) in [6.07, 6.45) is 3.34. The average molecular weight is 330 g/mol. The molecule has 3 rings (SSSR count). The molecule has 0 aliphatic carbocycles. The number of piperidine rings is 1. The summed E-state index contributed by atoms with van der Waals surface area (Å²) in [6.45, 7) is 5.68. The third-order valence-electron chi connectivity index (χ3n) is 4.71. The molecule has 1 aromatic heterocycles. The summed E-state index contributed by atoms with van der Waals surface area (Å²) < 4.78 is 15.7. The van der Waals surface area contributed by atoms with E-state index in [0.717, 1.165) is 37.3 Å². The van der Waals surface area contributed by atoms with Crippen LogP contribution in [0.4, 0.5) is 10.1 Å². The lowest BCUT2D eigenvalue weighted by atomic mass is 10.0. The van der Waals surface area contributed by atoms with Crippen LogP contribution < -0.4 is 10.2 Å². The molecule has 0 bridgehead atoms. The first-order chi connectivity index (χ1) is 11.5. The predicted molar refractivity (Wildman–Crippen MR) is 91.5 cm³/mol. The van der Waals surface area contributed by atoms with Crippen LogP contribution in [0.25, 0.3) is 0 Å². The van der Waals surface area contributed by atoms with Gasteiger partial charge in [-0.05, 0) is 38.8 Å². The highest BCUT2D eigenvalue weighted by Crippen LogP contribution is 2.22. The Labute approximate surface area is 141 Å². The van der Waals surface area contributed by atoms with E-state index in [-0.39, 0.29) is 17.8 Å². The number of imidazole rings is 1. The molecule has 1 aliphatic rings. The summed E-state index contributed by atoms with van der Waals surface area (Å²) in [6, 6.07) is 6.98. The largest absolute Gasteiger partial charge is 0.369 e. The van der Waals surface area contributed by atoms with Crippen LogP contribution in [0, 0.1) is 19.7 Å². The van der Waals surface area contributed by atoms with Gasteiger partial charge in [0.05, 0.1) is 17.7 Å². The first kappa shape index (κ1) is 16.5. The zero-order chi connectivity index (χ0) is 17.1. The van der Waals surface area contributed by atoms with Crippen molar-refractivity contribution in [2.45, 2.75) is 39.3 Å². The number of aryl methyl sites for hydroxylation is 1. The standard InChI is InChI=1S/C18H23FN4O/c1-13-14(2)23(12-20-13)11-18(24)21-15-7-9-22(10-8-15)17-6-4-3-5-16(17)19/h3-6,12,15H,7-11H2,1-2H3,(H,21,24). The quantitative estimate of drug-likeness (QED) is 0.937. The fourth-order valence-electron chi connectivity index (χ4n) is 3.10. The fourth-order valence-corrected chi connectivity index (χ4v) is 3.10. The van der Waals surface area contributed by atoms with Crippen molar-refractivity contribution >= 4 is 11.6 Å². The molecule has 1 amide bonds. The zero-order valence-electron chi connectivity index (χ0n) is 14.1. The molecule has 2 heterocycles. The lowest BCUT2D eigenvalue weighted by Crippen LogP contribution is -2.45. The van der Waals surface area contributed by atoms with Gasteiger partial charge in [0.25, 0.3) is 0 Å². The van der Waals surface area contributed by atoms with Crippen LogP contribution in [0.5, 0.6) is 0 Å². The number of amides is 1. The Morgan fingerprint density at radius 2 is 2.00 bits per heavy atom. The average Bonchev–Trinajstić information content (AvgIpc) is 2.88. The molecule has 2 aromatic rings. The van der Waals surface area contributed by atoms with E-state index < -0.39 is 0 Å². The van der Waals surface area contributed by atoms with Gasteiger partial charge >= 0.3 is 0 Å². The maximum atomic E-state index is 13.8. The molecule has 0 radical (unpaired) electrons. The molecular weight excluding hydrogens is 307 g/mol. The molecule has 0 atom stereocenters. The van der Waals surface area contributed by atoms with Crippen molar-refractivity contribution in [3.8, 4) is 0 Å². The van der Waals surface area contributed by atoms with Crippen molar-refractivity contribution in [3.63, 3.8) is 0 Å². The highest BCUT2D eigenvalue weighted by molar-refractivity contribution is 5.76. The number of carbonyl (C=O) groups excluding carboxylic acids is 1. The van der Waals surface area contributed by atoms with Gasteiger partial charge in [-0.3, -0.25) is 4.79 Å². The smallest absolute Gasteiger partial charge is 0.240 e. The van der Waals surface area contributed by atoms with Gasteiger partial charge in [0.2, 0.25) is 5.91 Å². The number of hydrogen-bond donors (Lipinski definition) is 1. The van der Waals surface area contributed by atoms with Crippen molar-refractivity contribution in [3.05, 3.63) is 47.8 Å². The maximum Gasteiger partial charge on any atom is 0.240 e. The maximum absolute atomic E-state index is 13.8. The summed E-state index contributed by atoms with van der Waals surface area (Å²) in [5.74, 6) is -0.189. The van der Waals surface area contributed by atoms with Gasteiger partial charge < -0.3 is 14.8 Å². The number of benzene rings is 1. The molecule has 128 valence electrons. The molecule has 1 aromatic carbocycles. The van der Waals surface area contributed by atoms with Crippen molar-refractivity contribution in [2.24, 2.45) is 0 Å². The van der Waals surface area contributed by atoms with Crippen LogP contribution >= 0.6 is 0 Å². The van der Waals surface area contributed by atoms with Crippen LogP contribution in [0.2, 0.25) is 0 Å². The topological polar surface area (TPSA) is 50.2 Å². The van der Waals surface area contributed by atoms with Gasteiger partial charge in [0.15, 0.2) is 0 Å². The summed E-state index contributed by atoms with van der Waals surface area (Å²) in [4.78, 5) is 18.5. The monoisotopic (exact) mass is 330 g/mol. The molecule has 24 heavy (non-hydrogen) atoms. The fraction of sp³-hybridized carbons (Fsp3) is 0.444. The second kappa shape index (κ2) is 7.03. The van der Waals surface area contributed by atoms with E-state index in [9.17, 15) is 9.18 Å². The Morgan fingerprint density at radius 3 is 2.62 bits per heavy atom. The van der Waals surface area contributed by atoms with E-state index in [1.165, 1.54) is 6.07 Å². The number of aromatic nitrogens is 2. The summed E-state index contributed by atoms with van der Waals surface area (Å²) >= 11 is 0. The molecular formula is C18H23FN4O. The molecule has 0 saturated carbocycles. The van der Waals surface area contributed by atoms with Gasteiger partial charge in [0, 0.05) is 24.8 Å². The number of anilines is 1. The first-order valence-electron chi connectivity index (χ1n) is 8.32. The van der Waals surface area contributed by atoms with Crippen molar-refractivity contribution in [2.75, 3.05) is 18.0 Å². The number of carbonyl (C=O) groups is 1. The molecule has 0 spiro atoms. The molecule has 0 unspecified atom stereocenters. The van der Waals surface area contributed by atoms with Crippen LogP contribution in [-0.4, -0.2) is 34.6 Å². The molecule has 5 nitrogen and oxygen atoms in total. The SMILES string of the molecule is Cc1ncn(CC(=O)NC2CCN(c3ccccc3F)CC2)c1C. The second-order valence-corrected chi connectivity index (χ2v) is 6.32. The van der Waals surface area contributed by atoms with Crippen LogP contribution in [-0.2, 0) is 11.3 Å². The highest BCUT2D eigenvalue weighted by Gasteiger charge is 2.22. The van der Waals surface area contributed by atoms with Crippen LogP contribution in [0.15, 0.2) is 30.6 Å².